The van der Waals surface area contributed by atoms with Crippen LogP contribution in [-0.4, -0.2) is 4.98 Å². The predicted molar refractivity (Wildman–Crippen MR) is 57.0 cm³/mol. The first-order chi connectivity index (χ1) is 6.29. The zero-order chi connectivity index (χ0) is 9.26. The molecule has 0 radical (unpaired) electrons. The number of thiazole rings is 1. The van der Waals surface area contributed by atoms with E-state index in [0.29, 0.717) is 0 Å². The lowest BCUT2D eigenvalue weighted by molar-refractivity contribution is 1.32. The van der Waals surface area contributed by atoms with Crippen molar-refractivity contribution in [3.63, 3.8) is 0 Å². The zero-order valence-electron chi connectivity index (χ0n) is 7.74. The molecule has 2 heteroatoms. The normalized spacial score (nSPS) is 10.3. The van der Waals surface area contributed by atoms with E-state index in [1.807, 2.05) is 11.6 Å². The third-order valence-electron chi connectivity index (χ3n) is 2.27. The van der Waals surface area contributed by atoms with Gasteiger partial charge in [0.05, 0.1) is 0 Å². The molecule has 0 spiro atoms. The lowest BCUT2D eigenvalue weighted by Gasteiger charge is -2.04. The highest BCUT2D eigenvalue weighted by atomic mass is 32.1. The molecule has 0 bridgehead atoms. The van der Waals surface area contributed by atoms with Crippen molar-refractivity contribution in [1.29, 1.82) is 0 Å². The van der Waals surface area contributed by atoms with Crippen molar-refractivity contribution in [2.75, 3.05) is 0 Å². The summed E-state index contributed by atoms with van der Waals surface area (Å²) in [6.07, 6.45) is 1.85. The van der Waals surface area contributed by atoms with E-state index in [1.54, 1.807) is 11.3 Å². The van der Waals surface area contributed by atoms with Crippen LogP contribution >= 0.6 is 11.3 Å². The average Bonchev–Trinajstić information content (AvgIpc) is 2.62. The number of nitrogens with zero attached hydrogens (tertiary/aromatic N) is 1. The molecule has 0 atom stereocenters. The Kier molecular flexibility index (Phi) is 2.15. The highest BCUT2D eigenvalue weighted by Crippen LogP contribution is 2.26. The molecule has 2 rings (SSSR count). The summed E-state index contributed by atoms with van der Waals surface area (Å²) >= 11 is 1.69. The van der Waals surface area contributed by atoms with E-state index in [9.17, 15) is 0 Å². The van der Waals surface area contributed by atoms with Gasteiger partial charge in [-0.1, -0.05) is 18.2 Å². The number of hydrogen-bond acceptors (Lipinski definition) is 2. The van der Waals surface area contributed by atoms with Crippen molar-refractivity contribution in [3.8, 4) is 10.6 Å². The Bertz CT molecular complexity index is 404. The van der Waals surface area contributed by atoms with Crippen molar-refractivity contribution >= 4 is 11.3 Å². The maximum Gasteiger partial charge on any atom is 0.123 e. The molecule has 2 aromatic rings. The van der Waals surface area contributed by atoms with Crippen molar-refractivity contribution < 1.29 is 0 Å². The van der Waals surface area contributed by atoms with Crippen LogP contribution in [0.1, 0.15) is 11.1 Å². The Morgan fingerprint density at radius 3 is 2.77 bits per heavy atom. The van der Waals surface area contributed by atoms with Crippen molar-refractivity contribution in [3.05, 3.63) is 40.9 Å². The lowest BCUT2D eigenvalue weighted by atomic mass is 10.0. The fraction of sp³-hybridized carbons (Fsp3) is 0.182. The Hall–Kier alpha value is -1.15. The number of aromatic nitrogens is 1. The van der Waals surface area contributed by atoms with Crippen LogP contribution in [0.15, 0.2) is 29.8 Å². The second kappa shape index (κ2) is 3.30. The molecule has 13 heavy (non-hydrogen) atoms. The molecule has 0 saturated heterocycles. The molecule has 0 aliphatic heterocycles. The SMILES string of the molecule is Cc1cccc(-c2nccs2)c1C. The molecular formula is C11H11NS. The molecule has 0 aliphatic rings. The fourth-order valence-electron chi connectivity index (χ4n) is 1.34. The highest BCUT2D eigenvalue weighted by Gasteiger charge is 2.04. The Labute approximate surface area is 82.1 Å². The van der Waals surface area contributed by atoms with E-state index in [1.165, 1.54) is 16.7 Å². The quantitative estimate of drug-likeness (QED) is 0.669. The van der Waals surface area contributed by atoms with E-state index < -0.39 is 0 Å². The van der Waals surface area contributed by atoms with E-state index in [2.05, 4.69) is 37.0 Å². The summed E-state index contributed by atoms with van der Waals surface area (Å²) < 4.78 is 0. The minimum absolute atomic E-state index is 1.11. The monoisotopic (exact) mass is 189 g/mol. The van der Waals surface area contributed by atoms with Gasteiger partial charge in [0.25, 0.3) is 0 Å². The summed E-state index contributed by atoms with van der Waals surface area (Å²) in [6, 6.07) is 6.34. The molecule has 1 aromatic heterocycles. The van der Waals surface area contributed by atoms with Crippen LogP contribution < -0.4 is 0 Å². The topological polar surface area (TPSA) is 12.9 Å². The highest BCUT2D eigenvalue weighted by molar-refractivity contribution is 7.13. The first kappa shape index (κ1) is 8.45. The fourth-order valence-corrected chi connectivity index (χ4v) is 2.06. The zero-order valence-corrected chi connectivity index (χ0v) is 8.56. The Morgan fingerprint density at radius 1 is 1.23 bits per heavy atom. The second-order valence-corrected chi connectivity index (χ2v) is 3.98. The first-order valence-corrected chi connectivity index (χ1v) is 5.13. The van der Waals surface area contributed by atoms with Crippen molar-refractivity contribution in [2.45, 2.75) is 13.8 Å². The van der Waals surface area contributed by atoms with Gasteiger partial charge in [-0.05, 0) is 25.0 Å². The summed E-state index contributed by atoms with van der Waals surface area (Å²) in [4.78, 5) is 4.31. The molecule has 0 aliphatic carbocycles. The summed E-state index contributed by atoms with van der Waals surface area (Å²) in [7, 11) is 0. The molecule has 0 saturated carbocycles. The van der Waals surface area contributed by atoms with Crippen molar-refractivity contribution in [2.24, 2.45) is 0 Å². The summed E-state index contributed by atoms with van der Waals surface area (Å²) in [5, 5.41) is 3.12. The largest absolute Gasteiger partial charge is 0.245 e. The minimum atomic E-state index is 1.11. The van der Waals surface area contributed by atoms with E-state index in [-0.39, 0.29) is 0 Å². The number of hydrogen-bond donors (Lipinski definition) is 0. The lowest BCUT2D eigenvalue weighted by Crippen LogP contribution is -1.85. The first-order valence-electron chi connectivity index (χ1n) is 4.25. The maximum absolute atomic E-state index is 4.31. The van der Waals surface area contributed by atoms with Crippen LogP contribution in [0.4, 0.5) is 0 Å². The third kappa shape index (κ3) is 1.49. The van der Waals surface area contributed by atoms with E-state index >= 15 is 0 Å². The molecule has 1 nitrogen and oxygen atoms in total. The molecule has 0 fully saturated rings. The van der Waals surface area contributed by atoms with Gasteiger partial charge in [-0.3, -0.25) is 0 Å². The van der Waals surface area contributed by atoms with Crippen LogP contribution in [0, 0.1) is 13.8 Å². The van der Waals surface area contributed by atoms with Crippen LogP contribution in [0.25, 0.3) is 10.6 Å². The summed E-state index contributed by atoms with van der Waals surface area (Å²) in [6.45, 7) is 4.28. The van der Waals surface area contributed by atoms with Crippen LogP contribution in [0.5, 0.6) is 0 Å². The second-order valence-electron chi connectivity index (χ2n) is 3.08. The molecular weight excluding hydrogens is 178 g/mol. The number of benzene rings is 1. The maximum atomic E-state index is 4.31. The molecule has 66 valence electrons. The van der Waals surface area contributed by atoms with Crippen LogP contribution in [-0.2, 0) is 0 Å². The van der Waals surface area contributed by atoms with Crippen LogP contribution in [0.3, 0.4) is 0 Å². The molecule has 1 aromatic carbocycles. The third-order valence-corrected chi connectivity index (χ3v) is 3.07. The average molecular weight is 189 g/mol. The van der Waals surface area contributed by atoms with E-state index in [0.717, 1.165) is 5.01 Å². The van der Waals surface area contributed by atoms with Gasteiger partial charge in [-0.25, -0.2) is 4.98 Å². The van der Waals surface area contributed by atoms with Gasteiger partial charge in [-0.15, -0.1) is 11.3 Å². The molecule has 0 amide bonds. The smallest absolute Gasteiger partial charge is 0.123 e. The van der Waals surface area contributed by atoms with Gasteiger partial charge < -0.3 is 0 Å². The minimum Gasteiger partial charge on any atom is -0.245 e. The number of aryl methyl sites for hydroxylation is 1. The standard InChI is InChI=1S/C11H11NS/c1-8-4-3-5-10(9(8)2)11-12-6-7-13-11/h3-7H,1-2H3. The predicted octanol–water partition coefficient (Wildman–Crippen LogP) is 3.43. The summed E-state index contributed by atoms with van der Waals surface area (Å²) in [5.41, 5.74) is 3.92. The van der Waals surface area contributed by atoms with Gasteiger partial charge in [0.15, 0.2) is 0 Å². The molecule has 0 N–H and O–H groups in total. The van der Waals surface area contributed by atoms with Crippen molar-refractivity contribution in [1.82, 2.24) is 4.98 Å². The van der Waals surface area contributed by atoms with E-state index in [4.69, 9.17) is 0 Å². The van der Waals surface area contributed by atoms with Gasteiger partial charge in [0, 0.05) is 17.1 Å². The summed E-state index contributed by atoms with van der Waals surface area (Å²) in [5.74, 6) is 0. The van der Waals surface area contributed by atoms with Gasteiger partial charge in [0.2, 0.25) is 0 Å². The van der Waals surface area contributed by atoms with Crippen LogP contribution in [0.2, 0.25) is 0 Å². The molecule has 0 unspecified atom stereocenters. The van der Waals surface area contributed by atoms with Gasteiger partial charge >= 0.3 is 0 Å². The Morgan fingerprint density at radius 2 is 2.08 bits per heavy atom. The van der Waals surface area contributed by atoms with Gasteiger partial charge in [0.1, 0.15) is 5.01 Å². The Balaban J connectivity index is 2.59. The number of rotatable bonds is 1. The molecule has 1 heterocycles. The van der Waals surface area contributed by atoms with Gasteiger partial charge in [-0.2, -0.15) is 0 Å².